The molecular weight excluding hydrogens is 336 g/mol. The van der Waals surface area contributed by atoms with Gasteiger partial charge >= 0.3 is 5.69 Å². The zero-order valence-electron chi connectivity index (χ0n) is 14.2. The first-order valence-corrected chi connectivity index (χ1v) is 8.11. The van der Waals surface area contributed by atoms with E-state index in [0.29, 0.717) is 25.3 Å². The number of aromatic amines is 1. The first-order chi connectivity index (χ1) is 12.6. The fraction of sp³-hybridized carbons (Fsp3) is 0.222. The van der Waals surface area contributed by atoms with Gasteiger partial charge in [0.1, 0.15) is 16.8 Å². The van der Waals surface area contributed by atoms with Gasteiger partial charge in [-0.25, -0.2) is 4.79 Å². The second kappa shape index (κ2) is 7.64. The van der Waals surface area contributed by atoms with Gasteiger partial charge in [0.05, 0.1) is 6.61 Å². The predicted octanol–water partition coefficient (Wildman–Crippen LogP) is 0.821. The molecule has 0 unspecified atom stereocenters. The van der Waals surface area contributed by atoms with Gasteiger partial charge in [0.15, 0.2) is 0 Å². The Bertz CT molecular complexity index is 1050. The van der Waals surface area contributed by atoms with Crippen LogP contribution in [-0.4, -0.2) is 33.6 Å². The molecule has 1 amide bonds. The van der Waals surface area contributed by atoms with Crippen LogP contribution in [0.3, 0.4) is 0 Å². The highest BCUT2D eigenvalue weighted by atomic mass is 16.5. The number of para-hydroxylation sites is 1. The van der Waals surface area contributed by atoms with E-state index < -0.39 is 17.2 Å². The summed E-state index contributed by atoms with van der Waals surface area (Å²) in [5.41, 5.74) is -0.518. The molecule has 2 heterocycles. The minimum atomic E-state index is -0.635. The van der Waals surface area contributed by atoms with E-state index in [1.165, 1.54) is 7.05 Å². The molecule has 0 radical (unpaired) electrons. The largest absolute Gasteiger partial charge is 0.491 e. The summed E-state index contributed by atoms with van der Waals surface area (Å²) in [4.78, 5) is 41.9. The molecule has 0 aliphatic rings. The molecule has 0 spiro atoms. The Morgan fingerprint density at radius 1 is 1.27 bits per heavy atom. The van der Waals surface area contributed by atoms with Crippen molar-refractivity contribution in [2.45, 2.75) is 6.42 Å². The number of carbonyl (C=O) groups is 1. The van der Waals surface area contributed by atoms with Gasteiger partial charge in [0.2, 0.25) is 0 Å². The van der Waals surface area contributed by atoms with Gasteiger partial charge in [-0.1, -0.05) is 18.2 Å². The number of aromatic nitrogens is 3. The van der Waals surface area contributed by atoms with Crippen molar-refractivity contribution in [2.24, 2.45) is 7.05 Å². The third kappa shape index (κ3) is 3.64. The smallest absolute Gasteiger partial charge is 0.328 e. The Kier molecular flexibility index (Phi) is 5.12. The Labute approximate surface area is 148 Å². The van der Waals surface area contributed by atoms with Crippen LogP contribution in [0.5, 0.6) is 5.75 Å². The lowest BCUT2D eigenvalue weighted by molar-refractivity contribution is 0.0949. The summed E-state index contributed by atoms with van der Waals surface area (Å²) in [6.07, 6.45) is 3.39. The third-order valence-corrected chi connectivity index (χ3v) is 3.88. The molecular formula is C18H18N4O4. The number of fused-ring (bicyclic) bond motifs is 1. The fourth-order valence-electron chi connectivity index (χ4n) is 2.47. The monoisotopic (exact) mass is 354 g/mol. The Balaban J connectivity index is 1.53. The normalized spacial score (nSPS) is 10.7. The summed E-state index contributed by atoms with van der Waals surface area (Å²) in [6, 6.07) is 9.52. The average Bonchev–Trinajstić information content (AvgIpc) is 2.66. The summed E-state index contributed by atoms with van der Waals surface area (Å²) in [5.74, 6) is 0.151. The quantitative estimate of drug-likeness (QED) is 0.638. The molecule has 0 saturated carbocycles. The zero-order chi connectivity index (χ0) is 18.5. The van der Waals surface area contributed by atoms with Crippen LogP contribution in [0.4, 0.5) is 0 Å². The van der Waals surface area contributed by atoms with Crippen LogP contribution in [0.2, 0.25) is 0 Å². The molecule has 0 bridgehead atoms. The second-order valence-electron chi connectivity index (χ2n) is 5.66. The molecule has 2 N–H and O–H groups in total. The van der Waals surface area contributed by atoms with Gasteiger partial charge in [-0.2, -0.15) is 0 Å². The molecule has 1 aromatic carbocycles. The van der Waals surface area contributed by atoms with Gasteiger partial charge in [-0.3, -0.25) is 19.1 Å². The van der Waals surface area contributed by atoms with Crippen molar-refractivity contribution in [3.05, 3.63) is 69.1 Å². The van der Waals surface area contributed by atoms with E-state index in [2.05, 4.69) is 15.3 Å². The van der Waals surface area contributed by atoms with E-state index in [4.69, 9.17) is 4.74 Å². The first kappa shape index (κ1) is 17.4. The Morgan fingerprint density at radius 3 is 2.92 bits per heavy atom. The number of pyridine rings is 1. The highest BCUT2D eigenvalue weighted by Gasteiger charge is 2.12. The fourth-order valence-corrected chi connectivity index (χ4v) is 2.47. The lowest BCUT2D eigenvalue weighted by Crippen LogP contribution is -2.39. The third-order valence-electron chi connectivity index (χ3n) is 3.88. The van der Waals surface area contributed by atoms with E-state index in [-0.39, 0.29) is 5.56 Å². The standard InChI is InChI=1S/C18H18N4O4/c1-22-17(24)13(11-21-18(22)25)16(23)20-9-4-10-26-14-7-2-5-12-6-3-8-19-15(12)14/h2-3,5-8,11H,4,9-10H2,1H3,(H,20,23)(H,21,25). The predicted molar refractivity (Wildman–Crippen MR) is 96.5 cm³/mol. The molecule has 26 heavy (non-hydrogen) atoms. The van der Waals surface area contributed by atoms with Gasteiger partial charge in [0, 0.05) is 31.4 Å². The minimum Gasteiger partial charge on any atom is -0.491 e. The van der Waals surface area contributed by atoms with Crippen molar-refractivity contribution in [1.29, 1.82) is 0 Å². The van der Waals surface area contributed by atoms with Crippen LogP contribution in [0, 0.1) is 0 Å². The molecule has 8 heteroatoms. The molecule has 3 aromatic rings. The van der Waals surface area contributed by atoms with Crippen molar-refractivity contribution >= 4 is 16.8 Å². The van der Waals surface area contributed by atoms with Crippen molar-refractivity contribution < 1.29 is 9.53 Å². The molecule has 0 aliphatic heterocycles. The highest BCUT2D eigenvalue weighted by Crippen LogP contribution is 2.22. The van der Waals surface area contributed by atoms with Gasteiger partial charge in [0.25, 0.3) is 11.5 Å². The van der Waals surface area contributed by atoms with Gasteiger partial charge in [-0.15, -0.1) is 0 Å². The van der Waals surface area contributed by atoms with Crippen LogP contribution in [-0.2, 0) is 7.05 Å². The molecule has 0 aliphatic carbocycles. The average molecular weight is 354 g/mol. The maximum absolute atomic E-state index is 12.0. The van der Waals surface area contributed by atoms with Crippen LogP contribution >= 0.6 is 0 Å². The van der Waals surface area contributed by atoms with Crippen LogP contribution < -0.4 is 21.3 Å². The number of hydrogen-bond donors (Lipinski definition) is 2. The first-order valence-electron chi connectivity index (χ1n) is 8.11. The zero-order valence-corrected chi connectivity index (χ0v) is 14.2. The van der Waals surface area contributed by atoms with E-state index in [1.54, 1.807) is 6.20 Å². The number of nitrogens with zero attached hydrogens (tertiary/aromatic N) is 2. The molecule has 8 nitrogen and oxygen atoms in total. The summed E-state index contributed by atoms with van der Waals surface area (Å²) in [6.45, 7) is 0.721. The van der Waals surface area contributed by atoms with Crippen molar-refractivity contribution in [1.82, 2.24) is 19.9 Å². The van der Waals surface area contributed by atoms with Gasteiger partial charge < -0.3 is 15.0 Å². The Hall–Kier alpha value is -3.42. The van der Waals surface area contributed by atoms with E-state index in [1.807, 2.05) is 30.3 Å². The van der Waals surface area contributed by atoms with Crippen molar-refractivity contribution in [3.8, 4) is 5.75 Å². The summed E-state index contributed by atoms with van der Waals surface area (Å²) in [5, 5.41) is 3.63. The summed E-state index contributed by atoms with van der Waals surface area (Å²) >= 11 is 0. The molecule has 3 rings (SSSR count). The lowest BCUT2D eigenvalue weighted by Gasteiger charge is -2.09. The number of hydrogen-bond acceptors (Lipinski definition) is 5. The van der Waals surface area contributed by atoms with Crippen molar-refractivity contribution in [3.63, 3.8) is 0 Å². The number of ether oxygens (including phenoxy) is 1. The van der Waals surface area contributed by atoms with E-state index >= 15 is 0 Å². The number of H-pyrrole nitrogens is 1. The topological polar surface area (TPSA) is 106 Å². The maximum Gasteiger partial charge on any atom is 0.328 e. The van der Waals surface area contributed by atoms with Gasteiger partial charge in [-0.05, 0) is 18.6 Å². The number of benzene rings is 1. The highest BCUT2D eigenvalue weighted by molar-refractivity contribution is 5.93. The minimum absolute atomic E-state index is 0.105. The van der Waals surface area contributed by atoms with Crippen LogP contribution in [0.1, 0.15) is 16.8 Å². The number of nitrogens with one attached hydrogen (secondary N) is 2. The lowest BCUT2D eigenvalue weighted by atomic mass is 10.2. The number of rotatable bonds is 6. The van der Waals surface area contributed by atoms with Crippen LogP contribution in [0.15, 0.2) is 52.3 Å². The number of amides is 1. The Morgan fingerprint density at radius 2 is 2.08 bits per heavy atom. The molecule has 0 fully saturated rings. The van der Waals surface area contributed by atoms with E-state index in [9.17, 15) is 14.4 Å². The number of carbonyl (C=O) groups excluding carboxylic acids is 1. The molecule has 0 saturated heterocycles. The summed E-state index contributed by atoms with van der Waals surface area (Å²) in [7, 11) is 1.31. The summed E-state index contributed by atoms with van der Waals surface area (Å²) < 4.78 is 6.59. The van der Waals surface area contributed by atoms with E-state index in [0.717, 1.165) is 21.7 Å². The SMILES string of the molecule is Cn1c(=O)[nH]cc(C(=O)NCCCOc2cccc3cccnc23)c1=O. The maximum atomic E-state index is 12.0. The van der Waals surface area contributed by atoms with Crippen LogP contribution in [0.25, 0.3) is 10.9 Å². The molecule has 0 atom stereocenters. The molecule has 134 valence electrons. The molecule has 2 aromatic heterocycles. The second-order valence-corrected chi connectivity index (χ2v) is 5.66. The van der Waals surface area contributed by atoms with Crippen molar-refractivity contribution in [2.75, 3.05) is 13.2 Å².